The first kappa shape index (κ1) is 12.3. The normalized spacial score (nSPS) is 20.0. The molecule has 0 saturated carbocycles. The van der Waals surface area contributed by atoms with Gasteiger partial charge < -0.3 is 15.2 Å². The Balaban J connectivity index is 2.00. The summed E-state index contributed by atoms with van der Waals surface area (Å²) in [5.74, 6) is -1.11. The van der Waals surface area contributed by atoms with Gasteiger partial charge in [-0.1, -0.05) is 18.2 Å². The Morgan fingerprint density at radius 1 is 1.39 bits per heavy atom. The van der Waals surface area contributed by atoms with Crippen molar-refractivity contribution < 1.29 is 19.4 Å². The highest BCUT2D eigenvalue weighted by molar-refractivity contribution is 5.96. The minimum atomic E-state index is -1.41. The zero-order valence-electron chi connectivity index (χ0n) is 9.79. The lowest BCUT2D eigenvalue weighted by Gasteiger charge is -2.15. The van der Waals surface area contributed by atoms with E-state index in [9.17, 15) is 14.7 Å². The molecule has 1 aliphatic rings. The van der Waals surface area contributed by atoms with Crippen LogP contribution in [0.1, 0.15) is 6.92 Å². The second-order valence-electron chi connectivity index (χ2n) is 4.02. The van der Waals surface area contributed by atoms with Crippen molar-refractivity contribution in [3.8, 4) is 0 Å². The van der Waals surface area contributed by atoms with Crippen molar-refractivity contribution in [1.82, 2.24) is 0 Å². The Morgan fingerprint density at radius 3 is 2.61 bits per heavy atom. The summed E-state index contributed by atoms with van der Waals surface area (Å²) in [5.41, 5.74) is 0.970. The summed E-state index contributed by atoms with van der Waals surface area (Å²) in [6, 6.07) is 8.75. The number of aliphatic hydroxyl groups excluding tert-OH is 1. The Hall–Kier alpha value is -2.14. The van der Waals surface area contributed by atoms with E-state index in [1.165, 1.54) is 6.08 Å². The maximum atomic E-state index is 11.7. The first-order chi connectivity index (χ1) is 8.58. The number of nitrogens with one attached hydrogen (secondary N) is 1. The lowest BCUT2D eigenvalue weighted by molar-refractivity contribution is -0.146. The standard InChI is InChI=1S/C13H13NO4/c1-8-7-10(18-13(8)17)11(15)12(16)14-9-5-3-2-4-6-9/h2-7,10-11,15H,1H3,(H,14,16)/t10-,11-/m0/s1. The molecule has 0 spiro atoms. The van der Waals surface area contributed by atoms with Gasteiger partial charge >= 0.3 is 5.97 Å². The van der Waals surface area contributed by atoms with Crippen LogP contribution in [-0.2, 0) is 14.3 Å². The maximum absolute atomic E-state index is 11.7. The number of anilines is 1. The van der Waals surface area contributed by atoms with Gasteiger partial charge in [0.2, 0.25) is 0 Å². The largest absolute Gasteiger partial charge is 0.451 e. The van der Waals surface area contributed by atoms with Crippen molar-refractivity contribution in [2.24, 2.45) is 0 Å². The van der Waals surface area contributed by atoms with Gasteiger partial charge in [-0.2, -0.15) is 0 Å². The van der Waals surface area contributed by atoms with Gasteiger partial charge in [-0.15, -0.1) is 0 Å². The van der Waals surface area contributed by atoms with Gasteiger partial charge in [0.25, 0.3) is 5.91 Å². The van der Waals surface area contributed by atoms with E-state index in [0.717, 1.165) is 0 Å². The lowest BCUT2D eigenvalue weighted by Crippen LogP contribution is -2.37. The number of rotatable bonds is 3. The van der Waals surface area contributed by atoms with Crippen LogP contribution in [0.5, 0.6) is 0 Å². The number of carbonyl (C=O) groups is 2. The van der Waals surface area contributed by atoms with Crippen molar-refractivity contribution in [2.45, 2.75) is 19.1 Å². The van der Waals surface area contributed by atoms with Crippen LogP contribution in [0.15, 0.2) is 42.0 Å². The first-order valence-corrected chi connectivity index (χ1v) is 5.51. The highest BCUT2D eigenvalue weighted by Gasteiger charge is 2.33. The molecule has 0 fully saturated rings. The van der Waals surface area contributed by atoms with Crippen LogP contribution in [0, 0.1) is 0 Å². The molecule has 5 heteroatoms. The maximum Gasteiger partial charge on any atom is 0.334 e. The van der Waals surface area contributed by atoms with Crippen LogP contribution in [0.4, 0.5) is 5.69 Å². The number of cyclic esters (lactones) is 1. The zero-order valence-corrected chi connectivity index (χ0v) is 9.79. The molecule has 94 valence electrons. The fourth-order valence-corrected chi connectivity index (χ4v) is 1.61. The van der Waals surface area contributed by atoms with Crippen LogP contribution in [0.25, 0.3) is 0 Å². The molecule has 0 saturated heterocycles. The van der Waals surface area contributed by atoms with E-state index in [2.05, 4.69) is 5.32 Å². The molecule has 0 aromatic heterocycles. The second kappa shape index (κ2) is 5.01. The van der Waals surface area contributed by atoms with Gasteiger partial charge in [-0.3, -0.25) is 4.79 Å². The molecule has 1 aromatic rings. The third kappa shape index (κ3) is 2.57. The molecule has 0 bridgehead atoms. The van der Waals surface area contributed by atoms with Gasteiger partial charge in [0, 0.05) is 11.3 Å². The van der Waals surface area contributed by atoms with Crippen LogP contribution in [-0.4, -0.2) is 29.2 Å². The minimum absolute atomic E-state index is 0.395. The topological polar surface area (TPSA) is 75.6 Å². The highest BCUT2D eigenvalue weighted by Crippen LogP contribution is 2.17. The molecular formula is C13H13NO4. The quantitative estimate of drug-likeness (QED) is 0.777. The predicted octanol–water partition coefficient (Wildman–Crippen LogP) is 0.858. The summed E-state index contributed by atoms with van der Waals surface area (Å²) in [6.45, 7) is 1.57. The fourth-order valence-electron chi connectivity index (χ4n) is 1.61. The van der Waals surface area contributed by atoms with Gasteiger partial charge in [-0.25, -0.2) is 4.79 Å². The van der Waals surface area contributed by atoms with Crippen LogP contribution in [0.3, 0.4) is 0 Å². The van der Waals surface area contributed by atoms with E-state index in [0.29, 0.717) is 11.3 Å². The van der Waals surface area contributed by atoms with Gasteiger partial charge in [0.15, 0.2) is 12.2 Å². The van der Waals surface area contributed by atoms with Gasteiger partial charge in [0.05, 0.1) is 0 Å². The molecule has 0 radical (unpaired) electrons. The van der Waals surface area contributed by atoms with E-state index in [1.807, 2.05) is 6.07 Å². The number of esters is 1. The van der Waals surface area contributed by atoms with E-state index in [4.69, 9.17) is 4.74 Å². The number of ether oxygens (including phenoxy) is 1. The summed E-state index contributed by atoms with van der Waals surface area (Å²) in [6.07, 6.45) is -0.884. The Morgan fingerprint density at radius 2 is 2.06 bits per heavy atom. The van der Waals surface area contributed by atoms with Crippen molar-refractivity contribution in [3.63, 3.8) is 0 Å². The molecule has 0 unspecified atom stereocenters. The smallest absolute Gasteiger partial charge is 0.334 e. The highest BCUT2D eigenvalue weighted by atomic mass is 16.6. The average molecular weight is 247 g/mol. The number of amides is 1. The number of hydrogen-bond acceptors (Lipinski definition) is 4. The summed E-state index contributed by atoms with van der Waals surface area (Å²) in [7, 11) is 0. The summed E-state index contributed by atoms with van der Waals surface area (Å²) >= 11 is 0. The summed E-state index contributed by atoms with van der Waals surface area (Å²) in [4.78, 5) is 22.9. The summed E-state index contributed by atoms with van der Waals surface area (Å²) < 4.78 is 4.85. The molecule has 1 aromatic carbocycles. The molecule has 0 aliphatic carbocycles. The fraction of sp³-hybridized carbons (Fsp3) is 0.231. The van der Waals surface area contributed by atoms with E-state index in [-0.39, 0.29) is 0 Å². The molecular weight excluding hydrogens is 234 g/mol. The van der Waals surface area contributed by atoms with E-state index in [1.54, 1.807) is 31.2 Å². The van der Waals surface area contributed by atoms with Crippen LogP contribution < -0.4 is 5.32 Å². The lowest BCUT2D eigenvalue weighted by atomic mass is 10.1. The Kier molecular flexibility index (Phi) is 3.43. The molecule has 1 aliphatic heterocycles. The zero-order chi connectivity index (χ0) is 13.1. The van der Waals surface area contributed by atoms with Crippen molar-refractivity contribution in [2.75, 3.05) is 5.32 Å². The monoisotopic (exact) mass is 247 g/mol. The second-order valence-corrected chi connectivity index (χ2v) is 4.02. The molecule has 2 N–H and O–H groups in total. The van der Waals surface area contributed by atoms with Gasteiger partial charge in [-0.05, 0) is 25.1 Å². The minimum Gasteiger partial charge on any atom is -0.451 e. The van der Waals surface area contributed by atoms with Gasteiger partial charge in [0.1, 0.15) is 0 Å². The van der Waals surface area contributed by atoms with Crippen molar-refractivity contribution in [3.05, 3.63) is 42.0 Å². The number of carbonyl (C=O) groups excluding carboxylic acids is 2. The van der Waals surface area contributed by atoms with Crippen molar-refractivity contribution in [1.29, 1.82) is 0 Å². The Labute approximate surface area is 104 Å². The summed E-state index contributed by atoms with van der Waals surface area (Å²) in [5, 5.41) is 12.3. The molecule has 1 heterocycles. The van der Waals surface area contributed by atoms with E-state index >= 15 is 0 Å². The molecule has 18 heavy (non-hydrogen) atoms. The van der Waals surface area contributed by atoms with Crippen LogP contribution >= 0.6 is 0 Å². The number of benzene rings is 1. The third-order valence-corrected chi connectivity index (χ3v) is 2.60. The third-order valence-electron chi connectivity index (χ3n) is 2.60. The molecule has 2 rings (SSSR count). The number of para-hydroxylation sites is 1. The van der Waals surface area contributed by atoms with Crippen molar-refractivity contribution >= 4 is 17.6 Å². The predicted molar refractivity (Wildman–Crippen MR) is 64.7 cm³/mol. The Bertz CT molecular complexity index is 495. The molecule has 1 amide bonds. The van der Waals surface area contributed by atoms with Crippen LogP contribution in [0.2, 0.25) is 0 Å². The van der Waals surface area contributed by atoms with E-state index < -0.39 is 24.1 Å². The molecule has 2 atom stereocenters. The number of hydrogen-bond donors (Lipinski definition) is 2. The number of aliphatic hydroxyl groups is 1. The SMILES string of the molecule is CC1=C[C@@H]([C@H](O)C(=O)Nc2ccccc2)OC1=O. The molecule has 5 nitrogen and oxygen atoms in total. The average Bonchev–Trinajstić information content (AvgIpc) is 2.70. The first-order valence-electron chi connectivity index (χ1n) is 5.51.